The molecule has 2 aromatic rings. The second-order valence-corrected chi connectivity index (χ2v) is 6.20. The van der Waals surface area contributed by atoms with E-state index in [9.17, 15) is 0 Å². The smallest absolute Gasteiger partial charge is 0.0951 e. The molecule has 4 atom stereocenters. The summed E-state index contributed by atoms with van der Waals surface area (Å²) < 4.78 is 7.77. The van der Waals surface area contributed by atoms with E-state index >= 15 is 0 Å². The van der Waals surface area contributed by atoms with Gasteiger partial charge in [0.1, 0.15) is 0 Å². The van der Waals surface area contributed by atoms with Crippen LogP contribution in [0.25, 0.3) is 0 Å². The molecular formula is C17H21N3O. The van der Waals surface area contributed by atoms with Crippen LogP contribution in [0, 0.1) is 5.92 Å². The van der Waals surface area contributed by atoms with Crippen molar-refractivity contribution in [1.29, 1.82) is 0 Å². The first kappa shape index (κ1) is 13.0. The average Bonchev–Trinajstić information content (AvgIpc) is 2.96. The Balaban J connectivity index is 1.54. The van der Waals surface area contributed by atoms with Crippen molar-refractivity contribution in [2.24, 2.45) is 11.7 Å². The molecule has 4 unspecified atom stereocenters. The highest BCUT2D eigenvalue weighted by Crippen LogP contribution is 2.52. The van der Waals surface area contributed by atoms with Crippen LogP contribution in [-0.4, -0.2) is 22.8 Å². The van der Waals surface area contributed by atoms with E-state index in [2.05, 4.69) is 39.9 Å². The number of rotatable bonds is 4. The summed E-state index contributed by atoms with van der Waals surface area (Å²) >= 11 is 0. The number of nitrogens with two attached hydrogens (primary N) is 1. The van der Waals surface area contributed by atoms with Gasteiger partial charge in [-0.15, -0.1) is 0 Å². The molecule has 2 aliphatic rings. The molecule has 4 rings (SSSR count). The average molecular weight is 283 g/mol. The van der Waals surface area contributed by atoms with E-state index in [1.54, 1.807) is 0 Å². The molecule has 0 radical (unpaired) electrons. The lowest BCUT2D eigenvalue weighted by Crippen LogP contribution is -2.24. The van der Waals surface area contributed by atoms with Gasteiger partial charge in [-0.05, 0) is 18.4 Å². The van der Waals surface area contributed by atoms with Crippen molar-refractivity contribution in [2.75, 3.05) is 13.2 Å². The maximum absolute atomic E-state index is 6.45. The fourth-order valence-electron chi connectivity index (χ4n) is 3.48. The maximum atomic E-state index is 6.45. The first-order valence-corrected chi connectivity index (χ1v) is 7.74. The number of nitrogens with zero attached hydrogens (tertiary/aromatic N) is 2. The van der Waals surface area contributed by atoms with Gasteiger partial charge in [-0.2, -0.15) is 0 Å². The Kier molecular flexibility index (Phi) is 3.28. The van der Waals surface area contributed by atoms with Crippen LogP contribution in [0.15, 0.2) is 42.9 Å². The Morgan fingerprint density at radius 3 is 2.90 bits per heavy atom. The molecule has 0 amide bonds. The van der Waals surface area contributed by atoms with Gasteiger partial charge in [-0.25, -0.2) is 4.98 Å². The molecule has 4 nitrogen and oxygen atoms in total. The first-order chi connectivity index (χ1) is 10.3. The third-order valence-electron chi connectivity index (χ3n) is 4.85. The quantitative estimate of drug-likeness (QED) is 0.938. The van der Waals surface area contributed by atoms with Crippen molar-refractivity contribution in [3.8, 4) is 0 Å². The molecule has 2 heterocycles. The summed E-state index contributed by atoms with van der Waals surface area (Å²) in [6.45, 7) is 1.61. The lowest BCUT2D eigenvalue weighted by atomic mass is 9.97. The predicted molar refractivity (Wildman–Crippen MR) is 80.9 cm³/mol. The normalized spacial score (nSPS) is 29.5. The standard InChI is InChI=1S/C17H21N3O/c18-17(13-6-7-21-10-13)16-9-19-11-20(16)15-8-14(15)12-4-2-1-3-5-12/h1-5,9,11,13-15,17H,6-8,10,18H2. The summed E-state index contributed by atoms with van der Waals surface area (Å²) in [5.74, 6) is 1.03. The lowest BCUT2D eigenvalue weighted by Gasteiger charge is -2.19. The van der Waals surface area contributed by atoms with Crippen molar-refractivity contribution < 1.29 is 4.74 Å². The van der Waals surface area contributed by atoms with Gasteiger partial charge in [0.2, 0.25) is 0 Å². The highest BCUT2D eigenvalue weighted by atomic mass is 16.5. The number of hydrogen-bond donors (Lipinski definition) is 1. The molecule has 1 aromatic heterocycles. The third kappa shape index (κ3) is 2.39. The van der Waals surface area contributed by atoms with Gasteiger partial charge in [0.15, 0.2) is 0 Å². The van der Waals surface area contributed by atoms with E-state index in [0.717, 1.165) is 25.3 Å². The van der Waals surface area contributed by atoms with Gasteiger partial charge in [-0.3, -0.25) is 0 Å². The van der Waals surface area contributed by atoms with Gasteiger partial charge in [-0.1, -0.05) is 30.3 Å². The van der Waals surface area contributed by atoms with E-state index in [1.165, 1.54) is 12.0 Å². The van der Waals surface area contributed by atoms with Gasteiger partial charge >= 0.3 is 0 Å². The van der Waals surface area contributed by atoms with E-state index in [4.69, 9.17) is 10.5 Å². The lowest BCUT2D eigenvalue weighted by molar-refractivity contribution is 0.180. The van der Waals surface area contributed by atoms with Crippen LogP contribution in [0.5, 0.6) is 0 Å². The maximum Gasteiger partial charge on any atom is 0.0951 e. The van der Waals surface area contributed by atoms with Gasteiger partial charge in [0.05, 0.1) is 24.7 Å². The Bertz CT molecular complexity index is 604. The minimum absolute atomic E-state index is 0.0343. The zero-order chi connectivity index (χ0) is 14.2. The van der Waals surface area contributed by atoms with Crippen molar-refractivity contribution in [2.45, 2.75) is 30.8 Å². The predicted octanol–water partition coefficient (Wildman–Crippen LogP) is 2.65. The summed E-state index contributed by atoms with van der Waals surface area (Å²) in [5.41, 5.74) is 9.03. The van der Waals surface area contributed by atoms with E-state index in [1.807, 2.05) is 12.5 Å². The van der Waals surface area contributed by atoms with Crippen LogP contribution < -0.4 is 5.73 Å². The Morgan fingerprint density at radius 1 is 1.29 bits per heavy atom. The Morgan fingerprint density at radius 2 is 2.14 bits per heavy atom. The second-order valence-electron chi connectivity index (χ2n) is 6.20. The van der Waals surface area contributed by atoms with Crippen molar-refractivity contribution in [3.63, 3.8) is 0 Å². The number of benzene rings is 1. The van der Waals surface area contributed by atoms with Crippen molar-refractivity contribution >= 4 is 0 Å². The SMILES string of the molecule is NC(c1cncn1C1CC1c1ccccc1)C1CCOC1. The molecule has 2 N–H and O–H groups in total. The van der Waals surface area contributed by atoms with Gasteiger partial charge in [0.25, 0.3) is 0 Å². The summed E-state index contributed by atoms with van der Waals surface area (Å²) in [6, 6.07) is 11.3. The van der Waals surface area contributed by atoms with Crippen molar-refractivity contribution in [3.05, 3.63) is 54.1 Å². The fourth-order valence-corrected chi connectivity index (χ4v) is 3.48. The Hall–Kier alpha value is -1.65. The van der Waals surface area contributed by atoms with Gasteiger partial charge in [0, 0.05) is 30.7 Å². The molecule has 1 aromatic carbocycles. The van der Waals surface area contributed by atoms with Crippen LogP contribution in [0.2, 0.25) is 0 Å². The van der Waals surface area contributed by atoms with Crippen LogP contribution in [0.1, 0.15) is 42.1 Å². The van der Waals surface area contributed by atoms with Crippen molar-refractivity contribution in [1.82, 2.24) is 9.55 Å². The van der Waals surface area contributed by atoms with E-state index in [0.29, 0.717) is 17.9 Å². The monoisotopic (exact) mass is 283 g/mol. The summed E-state index contributed by atoms with van der Waals surface area (Å²) in [4.78, 5) is 4.35. The van der Waals surface area contributed by atoms with E-state index < -0.39 is 0 Å². The molecule has 1 saturated heterocycles. The highest BCUT2D eigenvalue weighted by molar-refractivity contribution is 5.28. The third-order valence-corrected chi connectivity index (χ3v) is 4.85. The molecule has 2 fully saturated rings. The number of hydrogen-bond acceptors (Lipinski definition) is 3. The molecule has 110 valence electrons. The molecule has 1 aliphatic carbocycles. The second kappa shape index (κ2) is 5.28. The van der Waals surface area contributed by atoms with E-state index in [-0.39, 0.29) is 6.04 Å². The largest absolute Gasteiger partial charge is 0.381 e. The summed E-state index contributed by atoms with van der Waals surface area (Å²) in [6.07, 6.45) is 6.11. The summed E-state index contributed by atoms with van der Waals surface area (Å²) in [7, 11) is 0. The number of ether oxygens (including phenoxy) is 1. The first-order valence-electron chi connectivity index (χ1n) is 7.74. The molecule has 0 spiro atoms. The topological polar surface area (TPSA) is 53.1 Å². The van der Waals surface area contributed by atoms with Gasteiger partial charge < -0.3 is 15.0 Å². The minimum Gasteiger partial charge on any atom is -0.381 e. The van der Waals surface area contributed by atoms with Crippen LogP contribution >= 0.6 is 0 Å². The van der Waals surface area contributed by atoms with Crippen LogP contribution in [0.3, 0.4) is 0 Å². The zero-order valence-corrected chi connectivity index (χ0v) is 12.1. The Labute approximate surface area is 124 Å². The number of aromatic nitrogens is 2. The molecule has 4 heteroatoms. The molecule has 0 bridgehead atoms. The zero-order valence-electron chi connectivity index (χ0n) is 12.1. The molecular weight excluding hydrogens is 262 g/mol. The molecule has 1 aliphatic heterocycles. The number of imidazole rings is 1. The highest BCUT2D eigenvalue weighted by Gasteiger charge is 2.41. The van der Waals surface area contributed by atoms with Crippen LogP contribution in [0.4, 0.5) is 0 Å². The minimum atomic E-state index is 0.0343. The molecule has 21 heavy (non-hydrogen) atoms. The molecule has 1 saturated carbocycles. The fraction of sp³-hybridized carbons (Fsp3) is 0.471. The van der Waals surface area contributed by atoms with Crippen LogP contribution in [-0.2, 0) is 4.74 Å². The summed E-state index contributed by atoms with van der Waals surface area (Å²) in [5, 5.41) is 0.